The summed E-state index contributed by atoms with van der Waals surface area (Å²) in [7, 11) is 2.30. The predicted molar refractivity (Wildman–Crippen MR) is 91.4 cm³/mol. The molecule has 0 radical (unpaired) electrons. The molecule has 1 aliphatic rings. The summed E-state index contributed by atoms with van der Waals surface area (Å²) in [5.41, 5.74) is 3.08. The van der Waals surface area contributed by atoms with Crippen LogP contribution in [-0.2, 0) is 13.1 Å². The van der Waals surface area contributed by atoms with Gasteiger partial charge < -0.3 is 5.32 Å². The van der Waals surface area contributed by atoms with Gasteiger partial charge in [-0.3, -0.25) is 4.90 Å². The van der Waals surface area contributed by atoms with Gasteiger partial charge in [-0.2, -0.15) is 0 Å². The van der Waals surface area contributed by atoms with E-state index in [0.29, 0.717) is 0 Å². The van der Waals surface area contributed by atoms with Crippen LogP contribution in [0, 0.1) is 0 Å². The lowest BCUT2D eigenvalue weighted by Gasteiger charge is -2.32. The zero-order valence-corrected chi connectivity index (χ0v) is 14.3. The largest absolute Gasteiger partial charge is 0.308 e. The van der Waals surface area contributed by atoms with Crippen molar-refractivity contribution in [2.45, 2.75) is 77.5 Å². The van der Waals surface area contributed by atoms with E-state index in [0.717, 1.165) is 19.1 Å². The molecule has 2 rings (SSSR count). The number of hydrogen-bond donors (Lipinski definition) is 1. The van der Waals surface area contributed by atoms with E-state index in [1.54, 1.807) is 0 Å². The van der Waals surface area contributed by atoms with Gasteiger partial charge in [-0.25, -0.2) is 0 Å². The number of hydrogen-bond acceptors (Lipinski definition) is 2. The normalized spacial score (nSPS) is 17.4. The molecule has 1 fully saturated rings. The van der Waals surface area contributed by atoms with Crippen LogP contribution in [-0.4, -0.2) is 23.5 Å². The molecule has 0 saturated heterocycles. The van der Waals surface area contributed by atoms with E-state index >= 15 is 0 Å². The van der Waals surface area contributed by atoms with Crippen LogP contribution in [0.15, 0.2) is 24.3 Å². The van der Waals surface area contributed by atoms with E-state index in [4.69, 9.17) is 0 Å². The first-order valence-corrected chi connectivity index (χ1v) is 8.48. The van der Waals surface area contributed by atoms with Gasteiger partial charge in [0.25, 0.3) is 0 Å². The number of rotatable bonds is 5. The molecule has 0 spiro atoms. The van der Waals surface area contributed by atoms with Gasteiger partial charge in [0, 0.05) is 24.7 Å². The van der Waals surface area contributed by atoms with E-state index in [-0.39, 0.29) is 5.54 Å². The summed E-state index contributed by atoms with van der Waals surface area (Å²) < 4.78 is 0. The smallest absolute Gasteiger partial charge is 0.0236 e. The van der Waals surface area contributed by atoms with Gasteiger partial charge in [-0.15, -0.1) is 0 Å². The Morgan fingerprint density at radius 3 is 2.29 bits per heavy atom. The minimum atomic E-state index is 0.169. The van der Waals surface area contributed by atoms with Crippen LogP contribution in [0.25, 0.3) is 0 Å². The van der Waals surface area contributed by atoms with E-state index in [2.05, 4.69) is 62.3 Å². The van der Waals surface area contributed by atoms with Crippen LogP contribution in [0.4, 0.5) is 0 Å². The van der Waals surface area contributed by atoms with E-state index < -0.39 is 0 Å². The highest BCUT2D eigenvalue weighted by Crippen LogP contribution is 2.23. The first kappa shape index (κ1) is 16.5. The molecule has 1 aliphatic carbocycles. The first-order valence-electron chi connectivity index (χ1n) is 8.48. The molecule has 0 amide bonds. The summed E-state index contributed by atoms with van der Waals surface area (Å²) in [6, 6.07) is 9.67. The standard InChI is InChI=1S/C19H32N2/c1-19(2,3)20-14-16-10-8-9-11-17(16)15-21(4)18-12-6-5-7-13-18/h8-11,18,20H,5-7,12-15H2,1-4H3. The van der Waals surface area contributed by atoms with Crippen LogP contribution in [0.2, 0.25) is 0 Å². The molecule has 0 aliphatic heterocycles. The molecule has 1 aromatic rings. The third-order valence-corrected chi connectivity index (χ3v) is 4.55. The average Bonchev–Trinajstić information content (AvgIpc) is 2.46. The second-order valence-electron chi connectivity index (χ2n) is 7.58. The van der Waals surface area contributed by atoms with Crippen LogP contribution < -0.4 is 5.32 Å². The molecule has 0 aromatic heterocycles. The van der Waals surface area contributed by atoms with Gasteiger partial charge in [0.2, 0.25) is 0 Å². The number of nitrogens with zero attached hydrogens (tertiary/aromatic N) is 1. The highest BCUT2D eigenvalue weighted by molar-refractivity contribution is 5.27. The number of benzene rings is 1. The highest BCUT2D eigenvalue weighted by atomic mass is 15.1. The Morgan fingerprint density at radius 2 is 1.67 bits per heavy atom. The summed E-state index contributed by atoms with van der Waals surface area (Å²) >= 11 is 0. The van der Waals surface area contributed by atoms with E-state index in [1.165, 1.54) is 43.2 Å². The van der Waals surface area contributed by atoms with Gasteiger partial charge in [-0.05, 0) is 51.8 Å². The predicted octanol–water partition coefficient (Wildman–Crippen LogP) is 4.34. The fraction of sp³-hybridized carbons (Fsp3) is 0.684. The van der Waals surface area contributed by atoms with E-state index in [1.807, 2.05) is 0 Å². The van der Waals surface area contributed by atoms with Crippen LogP contribution in [0.3, 0.4) is 0 Å². The fourth-order valence-electron chi connectivity index (χ4n) is 3.16. The minimum absolute atomic E-state index is 0.169. The molecule has 1 saturated carbocycles. The molecule has 2 heteroatoms. The molecule has 21 heavy (non-hydrogen) atoms. The summed E-state index contributed by atoms with van der Waals surface area (Å²) in [6.07, 6.45) is 6.98. The Bertz CT molecular complexity index is 427. The van der Waals surface area contributed by atoms with E-state index in [9.17, 15) is 0 Å². The Hall–Kier alpha value is -0.860. The van der Waals surface area contributed by atoms with Gasteiger partial charge in [0.05, 0.1) is 0 Å². The Labute approximate surface area is 130 Å². The molecular weight excluding hydrogens is 256 g/mol. The van der Waals surface area contributed by atoms with Crippen molar-refractivity contribution < 1.29 is 0 Å². The summed E-state index contributed by atoms with van der Waals surface area (Å²) in [5.74, 6) is 0. The van der Waals surface area contributed by atoms with Crippen LogP contribution >= 0.6 is 0 Å². The molecule has 1 N–H and O–H groups in total. The van der Waals surface area contributed by atoms with Gasteiger partial charge >= 0.3 is 0 Å². The quantitative estimate of drug-likeness (QED) is 0.867. The molecular formula is C19H32N2. The van der Waals surface area contributed by atoms with Crippen molar-refractivity contribution in [3.8, 4) is 0 Å². The van der Waals surface area contributed by atoms with Gasteiger partial charge in [-0.1, -0.05) is 43.5 Å². The lowest BCUT2D eigenvalue weighted by molar-refractivity contribution is 0.184. The monoisotopic (exact) mass is 288 g/mol. The molecule has 0 atom stereocenters. The Kier molecular flexibility index (Phi) is 5.83. The summed E-state index contributed by atoms with van der Waals surface area (Å²) in [6.45, 7) is 8.71. The third-order valence-electron chi connectivity index (χ3n) is 4.55. The lowest BCUT2D eigenvalue weighted by atomic mass is 9.94. The molecule has 118 valence electrons. The van der Waals surface area contributed by atoms with Crippen molar-refractivity contribution >= 4 is 0 Å². The zero-order chi connectivity index (χ0) is 15.3. The van der Waals surface area contributed by atoms with Crippen molar-refractivity contribution in [2.75, 3.05) is 7.05 Å². The van der Waals surface area contributed by atoms with Crippen molar-refractivity contribution in [3.05, 3.63) is 35.4 Å². The molecule has 0 heterocycles. The zero-order valence-electron chi connectivity index (χ0n) is 14.3. The topological polar surface area (TPSA) is 15.3 Å². The Balaban J connectivity index is 1.98. The molecule has 0 unspecified atom stereocenters. The van der Waals surface area contributed by atoms with Crippen LogP contribution in [0.1, 0.15) is 64.0 Å². The Morgan fingerprint density at radius 1 is 1.05 bits per heavy atom. The second kappa shape index (κ2) is 7.42. The third kappa shape index (κ3) is 5.44. The average molecular weight is 288 g/mol. The van der Waals surface area contributed by atoms with Crippen molar-refractivity contribution in [1.29, 1.82) is 0 Å². The maximum Gasteiger partial charge on any atom is 0.0236 e. The minimum Gasteiger partial charge on any atom is -0.308 e. The molecule has 1 aromatic carbocycles. The highest BCUT2D eigenvalue weighted by Gasteiger charge is 2.19. The summed E-state index contributed by atoms with van der Waals surface area (Å²) in [4.78, 5) is 2.56. The number of nitrogens with one attached hydrogen (secondary N) is 1. The summed E-state index contributed by atoms with van der Waals surface area (Å²) in [5, 5.41) is 3.61. The van der Waals surface area contributed by atoms with Crippen molar-refractivity contribution in [2.24, 2.45) is 0 Å². The van der Waals surface area contributed by atoms with Gasteiger partial charge in [0.15, 0.2) is 0 Å². The lowest BCUT2D eigenvalue weighted by Crippen LogP contribution is -2.36. The van der Waals surface area contributed by atoms with Crippen molar-refractivity contribution in [1.82, 2.24) is 10.2 Å². The molecule has 0 bridgehead atoms. The van der Waals surface area contributed by atoms with Crippen molar-refractivity contribution in [3.63, 3.8) is 0 Å². The van der Waals surface area contributed by atoms with Gasteiger partial charge in [0.1, 0.15) is 0 Å². The second-order valence-corrected chi connectivity index (χ2v) is 7.58. The first-order chi connectivity index (χ1) is 9.96. The molecule has 2 nitrogen and oxygen atoms in total. The maximum atomic E-state index is 3.61. The maximum absolute atomic E-state index is 3.61. The fourth-order valence-corrected chi connectivity index (χ4v) is 3.16. The van der Waals surface area contributed by atoms with Crippen LogP contribution in [0.5, 0.6) is 0 Å². The SMILES string of the molecule is CN(Cc1ccccc1CNC(C)(C)C)C1CCCCC1.